The van der Waals surface area contributed by atoms with E-state index in [1.165, 1.54) is 11.8 Å². The average Bonchev–Trinajstić information content (AvgIpc) is 3.20. The van der Waals surface area contributed by atoms with Crippen LogP contribution in [0.25, 0.3) is 0 Å². The Labute approximate surface area is 209 Å². The first-order chi connectivity index (χ1) is 16.8. The summed E-state index contributed by atoms with van der Waals surface area (Å²) < 4.78 is 10.6. The molecule has 7 nitrogen and oxygen atoms in total. The highest BCUT2D eigenvalue weighted by molar-refractivity contribution is 8.16. The van der Waals surface area contributed by atoms with E-state index in [0.29, 0.717) is 17.0 Å². The summed E-state index contributed by atoms with van der Waals surface area (Å²) >= 11 is 1.46. The van der Waals surface area contributed by atoms with Gasteiger partial charge in [0.1, 0.15) is 5.75 Å². The number of esters is 1. The Kier molecular flexibility index (Phi) is 7.31. The Balaban J connectivity index is 1.66. The number of amidine groups is 1. The van der Waals surface area contributed by atoms with Gasteiger partial charge in [0.05, 0.1) is 37.4 Å². The van der Waals surface area contributed by atoms with E-state index in [2.05, 4.69) is 11.4 Å². The molecule has 1 amide bonds. The molecule has 0 radical (unpaired) electrons. The predicted molar refractivity (Wildman–Crippen MR) is 139 cm³/mol. The predicted octanol–water partition coefficient (Wildman–Crippen LogP) is 5.48. The first kappa shape index (κ1) is 24.6. The number of hydrogen-bond acceptors (Lipinski definition) is 7. The minimum Gasteiger partial charge on any atom is -0.497 e. The monoisotopic (exact) mass is 491 g/mol. The molecule has 0 spiro atoms. The Morgan fingerprint density at radius 2 is 1.86 bits per heavy atom. The standard InChI is InChI=1S/C27H29N3O4S/c1-6-34-26(32)24-18(4)28-27-30(25(24)22-12-7-16(2)13-17(22)3)20(15-35-27)14-23(31)29-19-8-10-21(33-5)11-9-19/h7-13,15,25H,6,14H2,1-5H3,(H,29,31)/t25-/m1/s1. The number of aryl methyl sites for hydroxylation is 2. The number of carbonyl (C=O) groups excluding carboxylic acids is 2. The fourth-order valence-electron chi connectivity index (χ4n) is 4.31. The lowest BCUT2D eigenvalue weighted by Gasteiger charge is -2.37. The highest BCUT2D eigenvalue weighted by atomic mass is 32.2. The molecule has 1 atom stereocenters. The number of aliphatic imine (C=N–C) groups is 1. The largest absolute Gasteiger partial charge is 0.497 e. The Morgan fingerprint density at radius 1 is 1.11 bits per heavy atom. The number of nitrogens with one attached hydrogen (secondary N) is 1. The molecule has 182 valence electrons. The van der Waals surface area contributed by atoms with Gasteiger partial charge >= 0.3 is 5.97 Å². The van der Waals surface area contributed by atoms with Gasteiger partial charge in [-0.1, -0.05) is 35.5 Å². The van der Waals surface area contributed by atoms with E-state index >= 15 is 0 Å². The highest BCUT2D eigenvalue weighted by Crippen LogP contribution is 2.45. The molecule has 2 aliphatic rings. The van der Waals surface area contributed by atoms with Gasteiger partial charge in [-0.2, -0.15) is 0 Å². The van der Waals surface area contributed by atoms with Crippen molar-refractivity contribution in [3.63, 3.8) is 0 Å². The quantitative estimate of drug-likeness (QED) is 0.517. The smallest absolute Gasteiger partial charge is 0.338 e. The van der Waals surface area contributed by atoms with Crippen LogP contribution in [0.4, 0.5) is 5.69 Å². The van der Waals surface area contributed by atoms with Crippen molar-refractivity contribution >= 4 is 34.5 Å². The Hall–Kier alpha value is -3.52. The maximum Gasteiger partial charge on any atom is 0.338 e. The summed E-state index contributed by atoms with van der Waals surface area (Å²) in [5.74, 6) is 0.167. The van der Waals surface area contributed by atoms with Crippen LogP contribution < -0.4 is 10.1 Å². The number of fused-ring (bicyclic) bond motifs is 1. The van der Waals surface area contributed by atoms with E-state index in [0.717, 1.165) is 33.3 Å². The van der Waals surface area contributed by atoms with Crippen LogP contribution in [-0.2, 0) is 14.3 Å². The van der Waals surface area contributed by atoms with Crippen LogP contribution in [0.15, 0.2) is 69.8 Å². The van der Waals surface area contributed by atoms with Crippen molar-refractivity contribution in [2.75, 3.05) is 19.0 Å². The van der Waals surface area contributed by atoms with Crippen LogP contribution >= 0.6 is 11.8 Å². The third kappa shape index (κ3) is 5.12. The van der Waals surface area contributed by atoms with Crippen molar-refractivity contribution in [2.45, 2.75) is 40.2 Å². The number of rotatable bonds is 7. The van der Waals surface area contributed by atoms with Gasteiger partial charge in [0, 0.05) is 11.4 Å². The average molecular weight is 492 g/mol. The van der Waals surface area contributed by atoms with E-state index in [9.17, 15) is 9.59 Å². The van der Waals surface area contributed by atoms with Crippen LogP contribution in [0, 0.1) is 13.8 Å². The molecular formula is C27H29N3O4S. The number of hydrogen-bond donors (Lipinski definition) is 1. The number of methoxy groups -OCH3 is 1. The van der Waals surface area contributed by atoms with Crippen molar-refractivity contribution in [2.24, 2.45) is 4.99 Å². The molecule has 0 saturated heterocycles. The van der Waals surface area contributed by atoms with Crippen molar-refractivity contribution in [3.8, 4) is 5.75 Å². The van der Waals surface area contributed by atoms with Gasteiger partial charge in [0.2, 0.25) is 5.91 Å². The molecule has 0 fully saturated rings. The van der Waals surface area contributed by atoms with Gasteiger partial charge in [-0.3, -0.25) is 4.79 Å². The van der Waals surface area contributed by atoms with E-state index in [-0.39, 0.29) is 18.9 Å². The maximum absolute atomic E-state index is 13.1. The van der Waals surface area contributed by atoms with Gasteiger partial charge in [0.25, 0.3) is 0 Å². The van der Waals surface area contributed by atoms with Crippen LogP contribution in [0.1, 0.15) is 43.0 Å². The number of amides is 1. The number of allylic oxidation sites excluding steroid dienone is 1. The van der Waals surface area contributed by atoms with E-state index in [4.69, 9.17) is 14.5 Å². The normalized spacial score (nSPS) is 16.9. The molecule has 2 aliphatic heterocycles. The molecule has 8 heteroatoms. The van der Waals surface area contributed by atoms with Crippen LogP contribution in [-0.4, -0.2) is 35.7 Å². The molecular weight excluding hydrogens is 462 g/mol. The zero-order chi connectivity index (χ0) is 25.1. The molecule has 0 aromatic heterocycles. The third-order valence-corrected chi connectivity index (χ3v) is 6.82. The lowest BCUT2D eigenvalue weighted by molar-refractivity contribution is -0.139. The summed E-state index contributed by atoms with van der Waals surface area (Å²) in [7, 11) is 1.60. The van der Waals surface area contributed by atoms with Gasteiger partial charge < -0.3 is 19.7 Å². The van der Waals surface area contributed by atoms with E-state index < -0.39 is 12.0 Å². The van der Waals surface area contributed by atoms with Gasteiger partial charge in [-0.15, -0.1) is 0 Å². The van der Waals surface area contributed by atoms with E-state index in [1.54, 1.807) is 38.3 Å². The second-order valence-electron chi connectivity index (χ2n) is 8.43. The van der Waals surface area contributed by atoms with Gasteiger partial charge in [-0.25, -0.2) is 9.79 Å². The lowest BCUT2D eigenvalue weighted by atomic mass is 9.90. The summed E-state index contributed by atoms with van der Waals surface area (Å²) in [5, 5.41) is 5.62. The summed E-state index contributed by atoms with van der Waals surface area (Å²) in [6.45, 7) is 7.97. The fraction of sp³-hybridized carbons (Fsp3) is 0.296. The summed E-state index contributed by atoms with van der Waals surface area (Å²) in [6.07, 6.45) is 0.134. The molecule has 1 N–H and O–H groups in total. The topological polar surface area (TPSA) is 80.2 Å². The maximum atomic E-state index is 13.1. The zero-order valence-corrected chi connectivity index (χ0v) is 21.4. The number of nitrogens with zero attached hydrogens (tertiary/aromatic N) is 2. The van der Waals surface area contributed by atoms with E-state index in [1.807, 2.05) is 43.2 Å². The second kappa shape index (κ2) is 10.4. The number of anilines is 1. The first-order valence-corrected chi connectivity index (χ1v) is 12.3. The molecule has 0 saturated carbocycles. The number of carbonyl (C=O) groups is 2. The van der Waals surface area contributed by atoms with Gasteiger partial charge in [0.15, 0.2) is 5.17 Å². The number of thioether (sulfide) groups is 1. The minimum absolute atomic E-state index is 0.134. The van der Waals surface area contributed by atoms with Crippen molar-refractivity contribution in [1.29, 1.82) is 0 Å². The molecule has 35 heavy (non-hydrogen) atoms. The minimum atomic E-state index is -0.433. The molecule has 0 aliphatic carbocycles. The SMILES string of the molecule is CCOC(=O)C1=C(C)N=C2SC=C(CC(=O)Nc3ccc(OC)cc3)N2[C@@H]1c1ccc(C)cc1C. The zero-order valence-electron chi connectivity index (χ0n) is 20.5. The Morgan fingerprint density at radius 3 is 2.51 bits per heavy atom. The van der Waals surface area contributed by atoms with Gasteiger partial charge in [-0.05, 0) is 68.5 Å². The third-order valence-electron chi connectivity index (χ3n) is 5.93. The Bertz CT molecular complexity index is 1250. The van der Waals surface area contributed by atoms with Crippen LogP contribution in [0.3, 0.4) is 0 Å². The molecule has 2 heterocycles. The summed E-state index contributed by atoms with van der Waals surface area (Å²) in [6, 6.07) is 12.9. The number of benzene rings is 2. The molecule has 2 aromatic rings. The number of ether oxygens (including phenoxy) is 2. The fourth-order valence-corrected chi connectivity index (χ4v) is 5.27. The lowest BCUT2D eigenvalue weighted by Crippen LogP contribution is -2.37. The molecule has 0 unspecified atom stereocenters. The first-order valence-electron chi connectivity index (χ1n) is 11.4. The van der Waals surface area contributed by atoms with Crippen LogP contribution in [0.2, 0.25) is 0 Å². The van der Waals surface area contributed by atoms with Crippen molar-refractivity contribution < 1.29 is 19.1 Å². The van der Waals surface area contributed by atoms with Crippen molar-refractivity contribution in [3.05, 3.63) is 81.5 Å². The van der Waals surface area contributed by atoms with Crippen molar-refractivity contribution in [1.82, 2.24) is 4.90 Å². The van der Waals surface area contributed by atoms with Crippen LogP contribution in [0.5, 0.6) is 5.75 Å². The molecule has 2 aromatic carbocycles. The molecule has 0 bridgehead atoms. The summed E-state index contributed by atoms with van der Waals surface area (Å²) in [4.78, 5) is 32.8. The summed E-state index contributed by atoms with van der Waals surface area (Å²) in [5.41, 5.74) is 5.76. The molecule has 4 rings (SSSR count). The highest BCUT2D eigenvalue weighted by Gasteiger charge is 2.41. The second-order valence-corrected chi connectivity index (χ2v) is 9.26.